The molecule has 2 N–H and O–H groups in total. The average molecular weight is 200 g/mol. The Balaban J connectivity index is 2.49. The molecule has 2 unspecified atom stereocenters. The van der Waals surface area contributed by atoms with Crippen LogP contribution in [0.2, 0.25) is 0 Å². The highest BCUT2D eigenvalue weighted by Crippen LogP contribution is 2.08. The van der Waals surface area contributed by atoms with E-state index < -0.39 is 0 Å². The average Bonchev–Trinajstić information content (AvgIpc) is 2.43. The molecule has 0 radical (unpaired) electrons. The summed E-state index contributed by atoms with van der Waals surface area (Å²) in [5.41, 5.74) is 5.70. The van der Waals surface area contributed by atoms with E-state index in [0.29, 0.717) is 13.2 Å². The SMILES string of the molecule is CC(N)C(C)C(=O)N1CCCOCC1. The summed E-state index contributed by atoms with van der Waals surface area (Å²) in [7, 11) is 0. The lowest BCUT2D eigenvalue weighted by atomic mass is 10.0. The summed E-state index contributed by atoms with van der Waals surface area (Å²) in [5.74, 6) is 0.0681. The van der Waals surface area contributed by atoms with E-state index in [1.165, 1.54) is 0 Å². The predicted molar refractivity (Wildman–Crippen MR) is 54.8 cm³/mol. The van der Waals surface area contributed by atoms with Crippen molar-refractivity contribution in [3.63, 3.8) is 0 Å². The van der Waals surface area contributed by atoms with Gasteiger partial charge in [-0.05, 0) is 13.3 Å². The van der Waals surface area contributed by atoms with E-state index in [4.69, 9.17) is 10.5 Å². The Morgan fingerprint density at radius 3 is 2.71 bits per heavy atom. The van der Waals surface area contributed by atoms with Gasteiger partial charge in [0, 0.05) is 25.7 Å². The Labute approximate surface area is 85.4 Å². The van der Waals surface area contributed by atoms with Crippen LogP contribution in [0, 0.1) is 5.92 Å². The van der Waals surface area contributed by atoms with E-state index in [9.17, 15) is 4.79 Å². The first-order valence-corrected chi connectivity index (χ1v) is 5.25. The molecule has 4 heteroatoms. The molecule has 0 aromatic carbocycles. The number of hydrogen-bond donors (Lipinski definition) is 1. The van der Waals surface area contributed by atoms with Crippen LogP contribution in [0.1, 0.15) is 20.3 Å². The van der Waals surface area contributed by atoms with Crippen molar-refractivity contribution in [1.82, 2.24) is 4.90 Å². The van der Waals surface area contributed by atoms with Crippen LogP contribution in [0.25, 0.3) is 0 Å². The van der Waals surface area contributed by atoms with Gasteiger partial charge in [-0.3, -0.25) is 4.79 Å². The molecule has 1 aliphatic rings. The standard InChI is InChI=1S/C10H20N2O2/c1-8(9(2)11)10(13)12-4-3-6-14-7-5-12/h8-9H,3-7,11H2,1-2H3. The molecule has 1 amide bonds. The summed E-state index contributed by atoms with van der Waals surface area (Å²) >= 11 is 0. The highest BCUT2D eigenvalue weighted by Gasteiger charge is 2.23. The van der Waals surface area contributed by atoms with Gasteiger partial charge >= 0.3 is 0 Å². The highest BCUT2D eigenvalue weighted by atomic mass is 16.5. The van der Waals surface area contributed by atoms with Crippen LogP contribution >= 0.6 is 0 Å². The molecule has 0 aromatic heterocycles. The van der Waals surface area contributed by atoms with Crippen molar-refractivity contribution in [2.45, 2.75) is 26.3 Å². The van der Waals surface area contributed by atoms with Crippen molar-refractivity contribution in [3.8, 4) is 0 Å². The molecule has 82 valence electrons. The van der Waals surface area contributed by atoms with E-state index in [1.807, 2.05) is 18.7 Å². The number of amides is 1. The number of rotatable bonds is 2. The van der Waals surface area contributed by atoms with Crippen LogP contribution in [0.3, 0.4) is 0 Å². The second kappa shape index (κ2) is 5.32. The molecule has 0 aromatic rings. The smallest absolute Gasteiger partial charge is 0.227 e. The van der Waals surface area contributed by atoms with Gasteiger partial charge in [-0.2, -0.15) is 0 Å². The highest BCUT2D eigenvalue weighted by molar-refractivity contribution is 5.79. The van der Waals surface area contributed by atoms with E-state index >= 15 is 0 Å². The van der Waals surface area contributed by atoms with Gasteiger partial charge in [-0.25, -0.2) is 0 Å². The van der Waals surface area contributed by atoms with Crippen LogP contribution < -0.4 is 5.73 Å². The molecule has 0 spiro atoms. The lowest BCUT2D eigenvalue weighted by Gasteiger charge is -2.25. The number of ether oxygens (including phenoxy) is 1. The number of nitrogens with zero attached hydrogens (tertiary/aromatic N) is 1. The third kappa shape index (κ3) is 2.96. The summed E-state index contributed by atoms with van der Waals surface area (Å²) in [6, 6.07) is -0.0772. The maximum Gasteiger partial charge on any atom is 0.227 e. The number of hydrogen-bond acceptors (Lipinski definition) is 3. The molecule has 1 saturated heterocycles. The van der Waals surface area contributed by atoms with E-state index in [-0.39, 0.29) is 17.9 Å². The molecule has 0 saturated carbocycles. The summed E-state index contributed by atoms with van der Waals surface area (Å²) < 4.78 is 5.29. The zero-order chi connectivity index (χ0) is 10.6. The second-order valence-corrected chi connectivity index (χ2v) is 3.94. The first-order valence-electron chi connectivity index (χ1n) is 5.25. The van der Waals surface area contributed by atoms with Gasteiger partial charge in [0.05, 0.1) is 12.5 Å². The van der Waals surface area contributed by atoms with Crippen molar-refractivity contribution in [2.75, 3.05) is 26.3 Å². The fourth-order valence-electron chi connectivity index (χ4n) is 1.48. The summed E-state index contributed by atoms with van der Waals surface area (Å²) in [5, 5.41) is 0. The first kappa shape index (κ1) is 11.5. The van der Waals surface area contributed by atoms with Crippen molar-refractivity contribution >= 4 is 5.91 Å². The van der Waals surface area contributed by atoms with Gasteiger partial charge in [0.2, 0.25) is 5.91 Å². The normalized spacial score (nSPS) is 22.6. The van der Waals surface area contributed by atoms with E-state index in [0.717, 1.165) is 19.6 Å². The fraction of sp³-hybridized carbons (Fsp3) is 0.900. The van der Waals surface area contributed by atoms with Gasteiger partial charge in [-0.1, -0.05) is 6.92 Å². The molecule has 2 atom stereocenters. The summed E-state index contributed by atoms with van der Waals surface area (Å²) in [6.07, 6.45) is 0.928. The van der Waals surface area contributed by atoms with Gasteiger partial charge in [0.1, 0.15) is 0 Å². The minimum Gasteiger partial charge on any atom is -0.380 e. The van der Waals surface area contributed by atoms with Crippen LogP contribution in [0.4, 0.5) is 0 Å². The lowest BCUT2D eigenvalue weighted by molar-refractivity contribution is -0.135. The van der Waals surface area contributed by atoms with Crippen LogP contribution in [0.15, 0.2) is 0 Å². The monoisotopic (exact) mass is 200 g/mol. The molecule has 1 heterocycles. The van der Waals surface area contributed by atoms with Crippen molar-refractivity contribution in [3.05, 3.63) is 0 Å². The van der Waals surface area contributed by atoms with Gasteiger partial charge in [0.15, 0.2) is 0 Å². The van der Waals surface area contributed by atoms with E-state index in [1.54, 1.807) is 0 Å². The maximum atomic E-state index is 11.9. The molecule has 1 aliphatic heterocycles. The van der Waals surface area contributed by atoms with Crippen LogP contribution in [0.5, 0.6) is 0 Å². The number of nitrogens with two attached hydrogens (primary N) is 1. The summed E-state index contributed by atoms with van der Waals surface area (Å²) in [4.78, 5) is 13.7. The zero-order valence-electron chi connectivity index (χ0n) is 9.03. The third-order valence-electron chi connectivity index (χ3n) is 2.71. The van der Waals surface area contributed by atoms with Crippen molar-refractivity contribution in [2.24, 2.45) is 11.7 Å². The number of carbonyl (C=O) groups excluding carboxylic acids is 1. The zero-order valence-corrected chi connectivity index (χ0v) is 9.03. The van der Waals surface area contributed by atoms with Crippen LogP contribution in [-0.4, -0.2) is 43.2 Å². The Morgan fingerprint density at radius 2 is 2.07 bits per heavy atom. The Kier molecular flexibility index (Phi) is 4.35. The second-order valence-electron chi connectivity index (χ2n) is 3.94. The van der Waals surface area contributed by atoms with Gasteiger partial charge in [0.25, 0.3) is 0 Å². The lowest BCUT2D eigenvalue weighted by Crippen LogP contribution is -2.42. The minimum absolute atomic E-state index is 0.0772. The molecule has 4 nitrogen and oxygen atoms in total. The minimum atomic E-state index is -0.0897. The van der Waals surface area contributed by atoms with Gasteiger partial charge in [-0.15, -0.1) is 0 Å². The molecular weight excluding hydrogens is 180 g/mol. The largest absolute Gasteiger partial charge is 0.380 e. The van der Waals surface area contributed by atoms with Crippen LogP contribution in [-0.2, 0) is 9.53 Å². The maximum absolute atomic E-state index is 11.9. The molecule has 0 bridgehead atoms. The van der Waals surface area contributed by atoms with Crippen molar-refractivity contribution < 1.29 is 9.53 Å². The predicted octanol–water partition coefficient (Wildman–Crippen LogP) is 0.219. The number of carbonyl (C=O) groups is 1. The topological polar surface area (TPSA) is 55.6 Å². The van der Waals surface area contributed by atoms with Crippen molar-refractivity contribution in [1.29, 1.82) is 0 Å². The summed E-state index contributed by atoms with van der Waals surface area (Å²) in [6.45, 7) is 6.68. The third-order valence-corrected chi connectivity index (χ3v) is 2.71. The molecule has 0 aliphatic carbocycles. The fourth-order valence-corrected chi connectivity index (χ4v) is 1.48. The Morgan fingerprint density at radius 1 is 1.36 bits per heavy atom. The Hall–Kier alpha value is -0.610. The molecule has 1 rings (SSSR count). The quantitative estimate of drug-likeness (QED) is 0.693. The molecular formula is C10H20N2O2. The van der Waals surface area contributed by atoms with E-state index in [2.05, 4.69) is 0 Å². The molecule has 14 heavy (non-hydrogen) atoms. The Bertz CT molecular complexity index is 187. The van der Waals surface area contributed by atoms with Gasteiger partial charge < -0.3 is 15.4 Å². The first-order chi connectivity index (χ1) is 6.63. The molecule has 1 fully saturated rings.